The van der Waals surface area contributed by atoms with Crippen LogP contribution >= 0.6 is 54.5 Å². The highest BCUT2D eigenvalue weighted by atomic mass is 79.9. The highest BCUT2D eigenvalue weighted by Gasteiger charge is 2.50. The van der Waals surface area contributed by atoms with Crippen LogP contribution in [0.4, 0.5) is 0 Å². The first-order chi connectivity index (χ1) is 27.3. The number of halogens is 2. The molecule has 4 rings (SSSR count). The molecule has 316 valence electrons. The predicted molar refractivity (Wildman–Crippen MR) is 253 cm³/mol. The van der Waals surface area contributed by atoms with Crippen molar-refractivity contribution < 1.29 is 9.59 Å². The van der Waals surface area contributed by atoms with Crippen LogP contribution in [0.2, 0.25) is 0 Å². The second kappa shape index (κ2) is 28.3. The van der Waals surface area contributed by atoms with Crippen LogP contribution in [-0.4, -0.2) is 34.7 Å². The van der Waals surface area contributed by atoms with Gasteiger partial charge in [-0.1, -0.05) is 170 Å². The summed E-state index contributed by atoms with van der Waals surface area (Å²) in [6.45, 7) is 14.5. The maximum Gasteiger partial charge on any atom is 0.261 e. The van der Waals surface area contributed by atoms with Gasteiger partial charge in [0.1, 0.15) is 0 Å². The molecule has 2 aliphatic heterocycles. The van der Waals surface area contributed by atoms with Gasteiger partial charge in [-0.2, -0.15) is 0 Å². The van der Waals surface area contributed by atoms with Gasteiger partial charge in [-0.3, -0.25) is 9.59 Å². The van der Waals surface area contributed by atoms with E-state index in [1.807, 2.05) is 23.6 Å². The Balaban J connectivity index is 0.00000414. The van der Waals surface area contributed by atoms with Crippen molar-refractivity contribution in [3.63, 3.8) is 0 Å². The third-order valence-electron chi connectivity index (χ3n) is 11.5. The molecule has 0 saturated heterocycles. The lowest BCUT2D eigenvalue weighted by molar-refractivity contribution is -0.124. The largest absolute Gasteiger partial charge is 0.306 e. The number of hydrogen-bond acceptors (Lipinski definition) is 4. The van der Waals surface area contributed by atoms with E-state index in [0.717, 1.165) is 54.4 Å². The van der Waals surface area contributed by atoms with Crippen LogP contribution in [0.5, 0.6) is 0 Å². The van der Waals surface area contributed by atoms with E-state index in [-0.39, 0.29) is 11.8 Å². The Morgan fingerprint density at radius 1 is 0.464 bits per heavy atom. The standard InChI is InChI=1S/C46H70Br2N2O2S2.C2H6/c1-5-9-13-17-19-23-27-35(25-21-15-11-7-3)33-49-43(37-29-31-39(47)53-37)41-42(45(49)51)44(38-30-32-40(48)54-38)50(46(41)52)34-36(26-22-16-12-8-4)28-24-20-18-14-10-6-2;1-2/h29-32,35-36H,5-28,33-34H2,1-4H3;1-2H3. The lowest BCUT2D eigenvalue weighted by atomic mass is 9.93. The monoisotopic (exact) mass is 934 g/mol. The Morgan fingerprint density at radius 2 is 0.750 bits per heavy atom. The number of rotatable bonds is 30. The van der Waals surface area contributed by atoms with Gasteiger partial charge in [-0.05, 0) is 93.6 Å². The fourth-order valence-electron chi connectivity index (χ4n) is 8.46. The number of fused-ring (bicyclic) bond motifs is 1. The maximum atomic E-state index is 15.1. The topological polar surface area (TPSA) is 40.6 Å². The summed E-state index contributed by atoms with van der Waals surface area (Å²) >= 11 is 10.7. The fraction of sp³-hybridized carbons (Fsp3) is 0.708. The van der Waals surface area contributed by atoms with E-state index < -0.39 is 0 Å². The summed E-state index contributed by atoms with van der Waals surface area (Å²) in [5.74, 6) is 0.894. The SMILES string of the molecule is CC.CCCCCCCCC(CCCCCC)CN1C(=O)C2=C(c3ccc(Br)s3)N(CC(CCCCCC)CCCCCCCC)C(=O)C2=C1c1ccc(Br)s1. The van der Waals surface area contributed by atoms with E-state index in [1.165, 1.54) is 128 Å². The first kappa shape index (κ1) is 49.1. The lowest BCUT2D eigenvalue weighted by Gasteiger charge is -2.29. The van der Waals surface area contributed by atoms with E-state index in [4.69, 9.17) is 0 Å². The third-order valence-corrected chi connectivity index (χ3v) is 14.8. The van der Waals surface area contributed by atoms with Crippen molar-refractivity contribution >= 4 is 77.7 Å². The third kappa shape index (κ3) is 15.1. The summed E-state index contributed by atoms with van der Waals surface area (Å²) in [6, 6.07) is 8.35. The van der Waals surface area contributed by atoms with Crippen molar-refractivity contribution in [2.75, 3.05) is 13.1 Å². The predicted octanol–water partition coefficient (Wildman–Crippen LogP) is 16.8. The number of unbranched alkanes of at least 4 members (excludes halogenated alkanes) is 16. The second-order valence-electron chi connectivity index (χ2n) is 16.0. The smallest absolute Gasteiger partial charge is 0.261 e. The van der Waals surface area contributed by atoms with Gasteiger partial charge in [0.25, 0.3) is 11.8 Å². The van der Waals surface area contributed by atoms with Gasteiger partial charge in [0.15, 0.2) is 0 Å². The Labute approximate surface area is 368 Å². The van der Waals surface area contributed by atoms with Gasteiger partial charge in [0.05, 0.1) is 39.9 Å². The zero-order valence-electron chi connectivity index (χ0n) is 36.1. The molecule has 2 amide bonds. The van der Waals surface area contributed by atoms with Crippen LogP contribution in [0.1, 0.15) is 205 Å². The van der Waals surface area contributed by atoms with E-state index >= 15 is 9.59 Å². The molecule has 0 fully saturated rings. The molecule has 0 N–H and O–H groups in total. The molecular formula is C48H76Br2N2O2S2. The summed E-state index contributed by atoms with van der Waals surface area (Å²) in [5.41, 5.74) is 2.98. The highest BCUT2D eigenvalue weighted by molar-refractivity contribution is 9.11. The molecule has 0 spiro atoms. The minimum absolute atomic E-state index is 0.0248. The summed E-state index contributed by atoms with van der Waals surface area (Å²) in [6.07, 6.45) is 29.8. The lowest BCUT2D eigenvalue weighted by Crippen LogP contribution is -2.34. The molecule has 4 nitrogen and oxygen atoms in total. The van der Waals surface area contributed by atoms with Gasteiger partial charge in [-0.25, -0.2) is 0 Å². The number of thiophene rings is 2. The van der Waals surface area contributed by atoms with Crippen LogP contribution in [0.25, 0.3) is 11.4 Å². The number of amides is 2. The molecule has 4 heterocycles. The Morgan fingerprint density at radius 3 is 1.04 bits per heavy atom. The van der Waals surface area contributed by atoms with Gasteiger partial charge in [0, 0.05) is 13.1 Å². The highest BCUT2D eigenvalue weighted by Crippen LogP contribution is 2.50. The van der Waals surface area contributed by atoms with Gasteiger partial charge in [-0.15, -0.1) is 22.7 Å². The van der Waals surface area contributed by atoms with E-state index in [9.17, 15) is 0 Å². The van der Waals surface area contributed by atoms with Gasteiger partial charge < -0.3 is 9.80 Å². The van der Waals surface area contributed by atoms with Crippen LogP contribution in [0.3, 0.4) is 0 Å². The minimum Gasteiger partial charge on any atom is -0.306 e. The zero-order valence-corrected chi connectivity index (χ0v) is 40.9. The van der Waals surface area contributed by atoms with Gasteiger partial charge in [0.2, 0.25) is 0 Å². The molecule has 2 atom stereocenters. The van der Waals surface area contributed by atoms with E-state index in [1.54, 1.807) is 22.7 Å². The molecule has 0 radical (unpaired) electrons. The van der Waals surface area contributed by atoms with E-state index in [2.05, 4.69) is 83.8 Å². The normalized spacial score (nSPS) is 15.3. The average molecular weight is 937 g/mol. The van der Waals surface area contributed by atoms with Crippen LogP contribution in [0.15, 0.2) is 43.0 Å². The maximum absolute atomic E-state index is 15.1. The minimum atomic E-state index is 0.0248. The number of carbonyl (C=O) groups excluding carboxylic acids is 2. The zero-order chi connectivity index (χ0) is 40.7. The van der Waals surface area contributed by atoms with Crippen molar-refractivity contribution in [3.05, 3.63) is 52.7 Å². The molecule has 0 aromatic carbocycles. The molecule has 0 saturated carbocycles. The molecular weight excluding hydrogens is 860 g/mol. The van der Waals surface area contributed by atoms with Crippen LogP contribution in [0, 0.1) is 11.8 Å². The molecule has 0 bridgehead atoms. The molecule has 2 unspecified atom stereocenters. The number of nitrogens with zero attached hydrogens (tertiary/aromatic N) is 2. The Kier molecular flexibility index (Phi) is 24.8. The first-order valence-corrected chi connectivity index (χ1v) is 26.2. The average Bonchev–Trinajstić information content (AvgIpc) is 3.96. The van der Waals surface area contributed by atoms with Crippen molar-refractivity contribution in [1.29, 1.82) is 0 Å². The molecule has 2 aliphatic rings. The van der Waals surface area contributed by atoms with Crippen LogP contribution in [-0.2, 0) is 9.59 Å². The van der Waals surface area contributed by atoms with Crippen molar-refractivity contribution in [1.82, 2.24) is 9.80 Å². The summed E-state index contributed by atoms with van der Waals surface area (Å²) in [7, 11) is 0. The molecule has 56 heavy (non-hydrogen) atoms. The molecule has 0 aliphatic carbocycles. The molecule has 2 aromatic heterocycles. The Bertz CT molecular complexity index is 1380. The second-order valence-corrected chi connectivity index (χ2v) is 21.0. The summed E-state index contributed by atoms with van der Waals surface area (Å²) in [4.78, 5) is 36.3. The molecule has 8 heteroatoms. The number of hydrogen-bond donors (Lipinski definition) is 0. The summed E-state index contributed by atoms with van der Waals surface area (Å²) in [5, 5.41) is 0. The first-order valence-electron chi connectivity index (χ1n) is 23.0. The fourth-order valence-corrected chi connectivity index (χ4v) is 11.3. The van der Waals surface area contributed by atoms with Crippen molar-refractivity contribution in [2.24, 2.45) is 11.8 Å². The van der Waals surface area contributed by atoms with E-state index in [0.29, 0.717) is 36.1 Å². The number of carbonyl (C=O) groups is 2. The molecule has 2 aromatic rings. The Hall–Kier alpha value is -1.22. The van der Waals surface area contributed by atoms with Crippen molar-refractivity contribution in [2.45, 2.75) is 196 Å². The quantitative estimate of drug-likeness (QED) is 0.0732. The van der Waals surface area contributed by atoms with Crippen molar-refractivity contribution in [3.8, 4) is 0 Å². The summed E-state index contributed by atoms with van der Waals surface area (Å²) < 4.78 is 2.05. The van der Waals surface area contributed by atoms with Gasteiger partial charge >= 0.3 is 0 Å². The van der Waals surface area contributed by atoms with Crippen LogP contribution < -0.4 is 0 Å².